The third-order valence-electron chi connectivity index (χ3n) is 4.68. The van der Waals surface area contributed by atoms with Gasteiger partial charge in [-0.05, 0) is 50.1 Å². The summed E-state index contributed by atoms with van der Waals surface area (Å²) in [7, 11) is 0. The molecular formula is C23H24N2O6. The van der Waals surface area contributed by atoms with E-state index in [0.29, 0.717) is 41.4 Å². The minimum atomic E-state index is -0.623. The second-order valence-electron chi connectivity index (χ2n) is 6.88. The van der Waals surface area contributed by atoms with Crippen molar-refractivity contribution < 1.29 is 23.9 Å². The van der Waals surface area contributed by atoms with Crippen LogP contribution in [0.3, 0.4) is 0 Å². The molecule has 0 N–H and O–H groups in total. The summed E-state index contributed by atoms with van der Waals surface area (Å²) in [5.41, 5.74) is 1.52. The van der Waals surface area contributed by atoms with Gasteiger partial charge in [0.1, 0.15) is 0 Å². The molecule has 1 aliphatic heterocycles. The topological polar surface area (TPSA) is 100 Å². The number of benzene rings is 2. The molecule has 2 aromatic carbocycles. The van der Waals surface area contributed by atoms with Crippen molar-refractivity contribution in [1.29, 1.82) is 0 Å². The lowest BCUT2D eigenvalue weighted by Gasteiger charge is -2.12. The van der Waals surface area contributed by atoms with Crippen molar-refractivity contribution in [3.63, 3.8) is 0 Å². The maximum absolute atomic E-state index is 12.3. The SMILES string of the molecule is CCCCOc1ccc(/C=C2\N=C(c3cccc([N+](=O)[O-])c3C)OC2=O)cc1OCC. The van der Waals surface area contributed by atoms with E-state index in [1.807, 2.05) is 6.92 Å². The summed E-state index contributed by atoms with van der Waals surface area (Å²) in [6.45, 7) is 6.64. The quantitative estimate of drug-likeness (QED) is 0.188. The number of nitro groups is 1. The van der Waals surface area contributed by atoms with Crippen molar-refractivity contribution in [2.45, 2.75) is 33.6 Å². The van der Waals surface area contributed by atoms with Gasteiger partial charge in [0.2, 0.25) is 5.90 Å². The summed E-state index contributed by atoms with van der Waals surface area (Å²) in [6.07, 6.45) is 3.55. The fourth-order valence-corrected chi connectivity index (χ4v) is 3.06. The Morgan fingerprint density at radius 1 is 1.16 bits per heavy atom. The standard InChI is InChI=1S/C23H24N2O6/c1-4-6-12-30-20-11-10-16(14-21(20)29-5-2)13-18-23(26)31-22(24-18)17-8-7-9-19(15(17)3)25(27)28/h7-11,13-14H,4-6,12H2,1-3H3/b18-13-. The summed E-state index contributed by atoms with van der Waals surface area (Å²) in [5.74, 6) is 0.644. The van der Waals surface area contributed by atoms with Gasteiger partial charge in [-0.1, -0.05) is 25.5 Å². The van der Waals surface area contributed by atoms with E-state index in [1.165, 1.54) is 12.1 Å². The molecule has 8 nitrogen and oxygen atoms in total. The largest absolute Gasteiger partial charge is 0.490 e. The van der Waals surface area contributed by atoms with Crippen LogP contribution >= 0.6 is 0 Å². The molecule has 0 saturated heterocycles. The van der Waals surface area contributed by atoms with Crippen molar-refractivity contribution in [3.05, 3.63) is 68.9 Å². The highest BCUT2D eigenvalue weighted by atomic mass is 16.6. The second kappa shape index (κ2) is 9.88. The molecule has 0 radical (unpaired) electrons. The Bertz CT molecular complexity index is 1060. The van der Waals surface area contributed by atoms with Gasteiger partial charge >= 0.3 is 5.97 Å². The summed E-state index contributed by atoms with van der Waals surface area (Å²) in [6, 6.07) is 9.93. The molecular weight excluding hydrogens is 400 g/mol. The zero-order valence-electron chi connectivity index (χ0n) is 17.7. The molecule has 8 heteroatoms. The van der Waals surface area contributed by atoms with Gasteiger partial charge < -0.3 is 14.2 Å². The third kappa shape index (κ3) is 5.09. The average Bonchev–Trinajstić information content (AvgIpc) is 3.10. The molecule has 0 aromatic heterocycles. The number of hydrogen-bond acceptors (Lipinski definition) is 7. The molecule has 162 valence electrons. The molecule has 0 aliphatic carbocycles. The monoisotopic (exact) mass is 424 g/mol. The van der Waals surface area contributed by atoms with Crippen LogP contribution in [0.4, 0.5) is 5.69 Å². The lowest BCUT2D eigenvalue weighted by Crippen LogP contribution is -2.08. The van der Waals surface area contributed by atoms with Crippen molar-refractivity contribution in [3.8, 4) is 11.5 Å². The van der Waals surface area contributed by atoms with Gasteiger partial charge in [-0.15, -0.1) is 0 Å². The summed E-state index contributed by atoms with van der Waals surface area (Å²) in [5, 5.41) is 11.2. The number of carbonyl (C=O) groups is 1. The van der Waals surface area contributed by atoms with Crippen molar-refractivity contribution in [2.75, 3.05) is 13.2 Å². The van der Waals surface area contributed by atoms with Gasteiger partial charge in [0.05, 0.1) is 18.1 Å². The van der Waals surface area contributed by atoms with E-state index in [4.69, 9.17) is 14.2 Å². The Morgan fingerprint density at radius 3 is 2.68 bits per heavy atom. The Balaban J connectivity index is 1.90. The van der Waals surface area contributed by atoms with Crippen molar-refractivity contribution in [1.82, 2.24) is 0 Å². The van der Waals surface area contributed by atoms with Crippen molar-refractivity contribution >= 4 is 23.6 Å². The minimum absolute atomic E-state index is 0.0435. The van der Waals surface area contributed by atoms with Crippen LogP contribution in [0.5, 0.6) is 11.5 Å². The van der Waals surface area contributed by atoms with Crippen LogP contribution in [-0.4, -0.2) is 30.0 Å². The van der Waals surface area contributed by atoms with Gasteiger partial charge in [-0.3, -0.25) is 10.1 Å². The van der Waals surface area contributed by atoms with E-state index in [-0.39, 0.29) is 17.3 Å². The Morgan fingerprint density at radius 2 is 1.97 bits per heavy atom. The van der Waals surface area contributed by atoms with Crippen LogP contribution in [0, 0.1) is 17.0 Å². The molecule has 3 rings (SSSR count). The fourth-order valence-electron chi connectivity index (χ4n) is 3.06. The molecule has 0 bridgehead atoms. The zero-order valence-corrected chi connectivity index (χ0v) is 17.7. The summed E-state index contributed by atoms with van der Waals surface area (Å²) < 4.78 is 16.7. The molecule has 0 amide bonds. The molecule has 0 unspecified atom stereocenters. The highest BCUT2D eigenvalue weighted by Crippen LogP contribution is 2.31. The van der Waals surface area contributed by atoms with Gasteiger partial charge in [0.15, 0.2) is 17.2 Å². The van der Waals surface area contributed by atoms with E-state index in [9.17, 15) is 14.9 Å². The molecule has 0 saturated carbocycles. The van der Waals surface area contributed by atoms with Crippen LogP contribution in [0.25, 0.3) is 6.08 Å². The number of hydrogen-bond donors (Lipinski definition) is 0. The van der Waals surface area contributed by atoms with E-state index < -0.39 is 10.9 Å². The number of nitrogens with zero attached hydrogens (tertiary/aromatic N) is 2. The lowest BCUT2D eigenvalue weighted by atomic mass is 10.1. The number of ether oxygens (including phenoxy) is 3. The first-order chi connectivity index (χ1) is 14.9. The molecule has 0 spiro atoms. The van der Waals surface area contributed by atoms with Crippen LogP contribution in [0.15, 0.2) is 47.1 Å². The number of cyclic esters (lactones) is 1. The molecule has 31 heavy (non-hydrogen) atoms. The van der Waals surface area contributed by atoms with Gasteiger partial charge in [0, 0.05) is 17.2 Å². The van der Waals surface area contributed by atoms with E-state index in [2.05, 4.69) is 11.9 Å². The highest BCUT2D eigenvalue weighted by Gasteiger charge is 2.27. The molecule has 0 atom stereocenters. The number of rotatable bonds is 9. The number of nitro benzene ring substituents is 1. The second-order valence-corrected chi connectivity index (χ2v) is 6.88. The Kier molecular flexibility index (Phi) is 7.02. The third-order valence-corrected chi connectivity index (χ3v) is 4.68. The van der Waals surface area contributed by atoms with E-state index in [0.717, 1.165) is 12.8 Å². The first-order valence-corrected chi connectivity index (χ1v) is 10.1. The lowest BCUT2D eigenvalue weighted by molar-refractivity contribution is -0.385. The normalized spacial score (nSPS) is 14.4. The average molecular weight is 424 g/mol. The first-order valence-electron chi connectivity index (χ1n) is 10.1. The van der Waals surface area contributed by atoms with E-state index >= 15 is 0 Å². The number of aliphatic imine (C=N–C) groups is 1. The minimum Gasteiger partial charge on any atom is -0.490 e. The summed E-state index contributed by atoms with van der Waals surface area (Å²) >= 11 is 0. The fraction of sp³-hybridized carbons (Fsp3) is 0.304. The molecule has 2 aromatic rings. The number of esters is 1. The molecule has 1 aliphatic rings. The summed E-state index contributed by atoms with van der Waals surface area (Å²) in [4.78, 5) is 27.3. The van der Waals surface area contributed by atoms with Gasteiger partial charge in [-0.2, -0.15) is 0 Å². The van der Waals surface area contributed by atoms with Gasteiger partial charge in [-0.25, -0.2) is 9.79 Å². The maximum atomic E-state index is 12.3. The van der Waals surface area contributed by atoms with Crippen LogP contribution < -0.4 is 9.47 Å². The molecule has 0 fully saturated rings. The van der Waals surface area contributed by atoms with Crippen molar-refractivity contribution in [2.24, 2.45) is 4.99 Å². The molecule has 1 heterocycles. The maximum Gasteiger partial charge on any atom is 0.363 e. The van der Waals surface area contributed by atoms with Crippen LogP contribution in [-0.2, 0) is 9.53 Å². The smallest absolute Gasteiger partial charge is 0.363 e. The first kappa shape index (κ1) is 22.0. The Labute approximate surface area is 180 Å². The number of carbonyl (C=O) groups excluding carboxylic acids is 1. The van der Waals surface area contributed by atoms with Crippen LogP contribution in [0.1, 0.15) is 43.4 Å². The van der Waals surface area contributed by atoms with E-state index in [1.54, 1.807) is 37.3 Å². The van der Waals surface area contributed by atoms with Crippen LogP contribution in [0.2, 0.25) is 0 Å². The van der Waals surface area contributed by atoms with Gasteiger partial charge in [0.25, 0.3) is 5.69 Å². The predicted molar refractivity (Wildman–Crippen MR) is 116 cm³/mol. The number of unbranched alkanes of at least 4 members (excludes halogenated alkanes) is 1. The zero-order chi connectivity index (χ0) is 22.4. The predicted octanol–water partition coefficient (Wildman–Crippen LogP) is 4.83. The highest BCUT2D eigenvalue weighted by molar-refractivity contribution is 6.13. The Hall–Kier alpha value is -3.68.